The largest absolute Gasteiger partial charge is 0.461 e. The first-order chi connectivity index (χ1) is 11.6. The molecule has 8 atom stereocenters. The van der Waals surface area contributed by atoms with Crippen LogP contribution in [0.3, 0.4) is 0 Å². The minimum Gasteiger partial charge on any atom is -0.461 e. The normalized spacial score (nSPS) is 50.6. The first-order valence-corrected chi connectivity index (χ1v) is 9.07. The Morgan fingerprint density at radius 1 is 1.40 bits per heavy atom. The van der Waals surface area contributed by atoms with Crippen LogP contribution in [0.4, 0.5) is 0 Å². The first-order valence-electron chi connectivity index (χ1n) is 9.07. The molecule has 1 saturated carbocycles. The minimum atomic E-state index is -0.869. The lowest BCUT2D eigenvalue weighted by Crippen LogP contribution is -2.66. The lowest BCUT2D eigenvalue weighted by molar-refractivity contribution is -0.206. The molecule has 0 spiro atoms. The number of rotatable bonds is 2. The van der Waals surface area contributed by atoms with Gasteiger partial charge in [0.15, 0.2) is 0 Å². The summed E-state index contributed by atoms with van der Waals surface area (Å²) in [5.41, 5.74) is -0.834. The van der Waals surface area contributed by atoms with Crippen molar-refractivity contribution in [2.45, 2.75) is 70.6 Å². The van der Waals surface area contributed by atoms with Crippen molar-refractivity contribution in [1.29, 1.82) is 0 Å². The Balaban J connectivity index is 1.81. The Morgan fingerprint density at radius 3 is 2.72 bits per heavy atom. The number of ether oxygens (including phenoxy) is 3. The molecule has 138 valence electrons. The van der Waals surface area contributed by atoms with Gasteiger partial charge in [-0.15, -0.1) is 0 Å². The number of esters is 2. The molecule has 4 rings (SSSR count). The Hall–Kier alpha value is -1.40. The average molecular weight is 350 g/mol. The molecular formula is C19H26O6. The highest BCUT2D eigenvalue weighted by Gasteiger charge is 2.75. The molecule has 0 radical (unpaired) electrons. The molecule has 6 heteroatoms. The van der Waals surface area contributed by atoms with Crippen molar-refractivity contribution in [3.63, 3.8) is 0 Å². The van der Waals surface area contributed by atoms with Crippen molar-refractivity contribution >= 4 is 11.9 Å². The van der Waals surface area contributed by atoms with E-state index >= 15 is 0 Å². The highest BCUT2D eigenvalue weighted by atomic mass is 16.6. The van der Waals surface area contributed by atoms with Gasteiger partial charge in [-0.2, -0.15) is 0 Å². The van der Waals surface area contributed by atoms with E-state index < -0.39 is 41.2 Å². The predicted octanol–water partition coefficient (Wildman–Crippen LogP) is 1.60. The molecule has 0 aromatic carbocycles. The molecule has 0 aromatic heterocycles. The smallest absolute Gasteiger partial charge is 0.334 e. The molecule has 1 aliphatic carbocycles. The maximum absolute atomic E-state index is 12.4. The van der Waals surface area contributed by atoms with Gasteiger partial charge in [-0.25, -0.2) is 4.79 Å². The van der Waals surface area contributed by atoms with Crippen LogP contribution in [-0.4, -0.2) is 47.1 Å². The Labute approximate surface area is 147 Å². The summed E-state index contributed by atoms with van der Waals surface area (Å²) in [5.74, 6) is -1.84. The van der Waals surface area contributed by atoms with Gasteiger partial charge in [-0.1, -0.05) is 27.4 Å². The quantitative estimate of drug-likeness (QED) is 0.602. The zero-order valence-electron chi connectivity index (χ0n) is 15.2. The van der Waals surface area contributed by atoms with Crippen molar-refractivity contribution in [2.24, 2.45) is 23.2 Å². The number of aliphatic hydroxyl groups is 1. The molecule has 4 aliphatic rings. The van der Waals surface area contributed by atoms with Crippen molar-refractivity contribution in [2.75, 3.05) is 0 Å². The van der Waals surface area contributed by atoms with E-state index in [4.69, 9.17) is 14.2 Å². The van der Waals surface area contributed by atoms with Crippen LogP contribution in [0, 0.1) is 23.2 Å². The van der Waals surface area contributed by atoms with Gasteiger partial charge in [0, 0.05) is 16.9 Å². The fourth-order valence-electron chi connectivity index (χ4n) is 5.69. The van der Waals surface area contributed by atoms with Crippen LogP contribution >= 0.6 is 0 Å². The Kier molecular flexibility index (Phi) is 3.46. The standard InChI is InChI=1S/C19H26O6/c1-8(2)16(21)23-12-11-9(3)17(22)24-13(11)15(20)19(5)10-6-7-18(4,25-10)14(12)19/h8,10-15,20H,3,6-7H2,1-2,4-5H3/t10-,11+,12+,13+,14-,15+,18+,19-/m0/s1. The topological polar surface area (TPSA) is 82.1 Å². The van der Waals surface area contributed by atoms with E-state index in [1.54, 1.807) is 13.8 Å². The van der Waals surface area contributed by atoms with Gasteiger partial charge in [-0.3, -0.25) is 4.79 Å². The molecule has 25 heavy (non-hydrogen) atoms. The predicted molar refractivity (Wildman–Crippen MR) is 87.3 cm³/mol. The van der Waals surface area contributed by atoms with Gasteiger partial charge in [0.2, 0.25) is 0 Å². The molecule has 1 N–H and O–H groups in total. The Bertz CT molecular complexity index is 656. The van der Waals surface area contributed by atoms with E-state index in [1.165, 1.54) is 0 Å². The van der Waals surface area contributed by atoms with Crippen molar-refractivity contribution in [3.05, 3.63) is 12.2 Å². The molecule has 0 aromatic rings. The fraction of sp³-hybridized carbons (Fsp3) is 0.789. The highest BCUT2D eigenvalue weighted by Crippen LogP contribution is 2.66. The second kappa shape index (κ2) is 5.07. The SMILES string of the molecule is C=C1C(=O)O[C@@H]2[C@H]1[C@@H](OC(=O)C(C)C)[C@@H]1[C@](C)([C@@H]3CC[C@@]1(C)O3)[C@@H]2O. The highest BCUT2D eigenvalue weighted by molar-refractivity contribution is 5.91. The number of carbonyl (C=O) groups is 2. The van der Waals surface area contributed by atoms with Gasteiger partial charge < -0.3 is 19.3 Å². The molecule has 6 nitrogen and oxygen atoms in total. The van der Waals surface area contributed by atoms with E-state index in [9.17, 15) is 14.7 Å². The van der Waals surface area contributed by atoms with E-state index in [2.05, 4.69) is 6.58 Å². The van der Waals surface area contributed by atoms with E-state index in [1.807, 2.05) is 13.8 Å². The average Bonchev–Trinajstić information content (AvgIpc) is 3.13. The summed E-state index contributed by atoms with van der Waals surface area (Å²) in [6.07, 6.45) is -0.630. The summed E-state index contributed by atoms with van der Waals surface area (Å²) >= 11 is 0. The lowest BCUT2D eigenvalue weighted by atomic mass is 9.51. The van der Waals surface area contributed by atoms with Crippen molar-refractivity contribution in [1.82, 2.24) is 0 Å². The number of hydrogen-bond donors (Lipinski definition) is 1. The molecule has 0 amide bonds. The van der Waals surface area contributed by atoms with Crippen LogP contribution in [0.25, 0.3) is 0 Å². The molecule has 3 heterocycles. The molecule has 3 aliphatic heterocycles. The minimum absolute atomic E-state index is 0.133. The number of carbonyl (C=O) groups excluding carboxylic acids is 2. The fourth-order valence-corrected chi connectivity index (χ4v) is 5.69. The van der Waals surface area contributed by atoms with E-state index in [0.717, 1.165) is 12.8 Å². The third-order valence-corrected chi connectivity index (χ3v) is 6.95. The van der Waals surface area contributed by atoms with Crippen LogP contribution in [0.1, 0.15) is 40.5 Å². The van der Waals surface area contributed by atoms with Crippen LogP contribution in [0.5, 0.6) is 0 Å². The lowest BCUT2D eigenvalue weighted by Gasteiger charge is -2.54. The summed E-state index contributed by atoms with van der Waals surface area (Å²) in [5, 5.41) is 11.1. The molecule has 3 saturated heterocycles. The van der Waals surface area contributed by atoms with Crippen LogP contribution < -0.4 is 0 Å². The van der Waals surface area contributed by atoms with Gasteiger partial charge in [-0.05, 0) is 19.8 Å². The molecular weight excluding hydrogens is 324 g/mol. The Morgan fingerprint density at radius 2 is 2.08 bits per heavy atom. The van der Waals surface area contributed by atoms with Crippen LogP contribution in [-0.2, 0) is 23.8 Å². The number of hydrogen-bond acceptors (Lipinski definition) is 6. The summed E-state index contributed by atoms with van der Waals surface area (Å²) in [7, 11) is 0. The van der Waals surface area contributed by atoms with Crippen molar-refractivity contribution in [3.8, 4) is 0 Å². The molecule has 2 bridgehead atoms. The number of fused-ring (bicyclic) bond motifs is 6. The summed E-state index contributed by atoms with van der Waals surface area (Å²) in [4.78, 5) is 24.5. The van der Waals surface area contributed by atoms with Crippen LogP contribution in [0.2, 0.25) is 0 Å². The third kappa shape index (κ3) is 1.98. The zero-order chi connectivity index (χ0) is 18.3. The van der Waals surface area contributed by atoms with Gasteiger partial charge in [0.25, 0.3) is 0 Å². The second-order valence-corrected chi connectivity index (χ2v) is 8.72. The molecule has 4 fully saturated rings. The zero-order valence-corrected chi connectivity index (χ0v) is 15.2. The van der Waals surface area contributed by atoms with Crippen LogP contribution in [0.15, 0.2) is 12.2 Å². The maximum atomic E-state index is 12.4. The summed E-state index contributed by atoms with van der Waals surface area (Å²) in [6.45, 7) is 11.4. The maximum Gasteiger partial charge on any atom is 0.334 e. The first kappa shape index (κ1) is 17.0. The third-order valence-electron chi connectivity index (χ3n) is 6.95. The van der Waals surface area contributed by atoms with Gasteiger partial charge in [0.1, 0.15) is 18.3 Å². The summed E-state index contributed by atoms with van der Waals surface area (Å²) in [6, 6.07) is 0. The van der Waals surface area contributed by atoms with Crippen molar-refractivity contribution < 1.29 is 28.9 Å². The van der Waals surface area contributed by atoms with Gasteiger partial charge in [0.05, 0.1) is 23.5 Å². The van der Waals surface area contributed by atoms with Gasteiger partial charge >= 0.3 is 11.9 Å². The second-order valence-electron chi connectivity index (χ2n) is 8.72. The van der Waals surface area contributed by atoms with E-state index in [0.29, 0.717) is 0 Å². The number of aliphatic hydroxyl groups excluding tert-OH is 1. The monoisotopic (exact) mass is 350 g/mol. The molecule has 0 unspecified atom stereocenters. The summed E-state index contributed by atoms with van der Waals surface area (Å²) < 4.78 is 17.6. The van der Waals surface area contributed by atoms with E-state index in [-0.39, 0.29) is 29.5 Å².